The van der Waals surface area contributed by atoms with Crippen LogP contribution in [0.25, 0.3) is 11.3 Å². The van der Waals surface area contributed by atoms with Gasteiger partial charge in [0.05, 0.1) is 25.1 Å². The van der Waals surface area contributed by atoms with Crippen LogP contribution in [0.2, 0.25) is 0 Å². The molecule has 1 aromatic carbocycles. The smallest absolute Gasteiger partial charge is 0.161 e. The molecule has 1 aliphatic heterocycles. The van der Waals surface area contributed by atoms with Gasteiger partial charge in [0.2, 0.25) is 0 Å². The number of hydrogen-bond acceptors (Lipinski definition) is 4. The van der Waals surface area contributed by atoms with Gasteiger partial charge in [0.15, 0.2) is 11.5 Å². The number of ether oxygens (including phenoxy) is 2. The zero-order chi connectivity index (χ0) is 14.5. The van der Waals surface area contributed by atoms with Gasteiger partial charge in [-0.1, -0.05) is 0 Å². The number of rotatable bonds is 5. The third kappa shape index (κ3) is 3.36. The number of hydrogen-bond donors (Lipinski definition) is 2. The molecule has 5 heteroatoms. The molecule has 2 aromatic rings. The fourth-order valence-electron chi connectivity index (χ4n) is 2.40. The summed E-state index contributed by atoms with van der Waals surface area (Å²) in [6.07, 6.45) is 4.83. The molecule has 2 N–H and O–H groups in total. The topological polar surface area (TPSA) is 59.2 Å². The van der Waals surface area contributed by atoms with Crippen LogP contribution in [0.5, 0.6) is 11.5 Å². The van der Waals surface area contributed by atoms with E-state index in [1.165, 1.54) is 0 Å². The molecule has 0 spiro atoms. The normalized spacial score (nSPS) is 14.0. The van der Waals surface area contributed by atoms with Gasteiger partial charge in [-0.3, -0.25) is 0 Å². The van der Waals surface area contributed by atoms with Crippen LogP contribution in [-0.2, 0) is 6.42 Å². The monoisotopic (exact) mass is 287 g/mol. The molecule has 0 bridgehead atoms. The van der Waals surface area contributed by atoms with Crippen LogP contribution < -0.4 is 14.8 Å². The van der Waals surface area contributed by atoms with Gasteiger partial charge >= 0.3 is 0 Å². The minimum absolute atomic E-state index is 0.703. The Morgan fingerprint density at radius 1 is 1.24 bits per heavy atom. The summed E-state index contributed by atoms with van der Waals surface area (Å²) < 4.78 is 11.4. The highest BCUT2D eigenvalue weighted by Gasteiger charge is 2.12. The predicted molar refractivity (Wildman–Crippen MR) is 81.9 cm³/mol. The third-order valence-corrected chi connectivity index (χ3v) is 3.53. The van der Waals surface area contributed by atoms with Crippen LogP contribution in [0.15, 0.2) is 24.4 Å². The molecular formula is C16H21N3O2. The third-order valence-electron chi connectivity index (χ3n) is 3.53. The maximum Gasteiger partial charge on any atom is 0.161 e. The van der Waals surface area contributed by atoms with E-state index in [2.05, 4.69) is 15.3 Å². The van der Waals surface area contributed by atoms with E-state index in [4.69, 9.17) is 9.47 Å². The molecule has 1 aromatic heterocycles. The second kappa shape index (κ2) is 6.63. The molecule has 0 unspecified atom stereocenters. The Balaban J connectivity index is 1.76. The first-order chi connectivity index (χ1) is 10.4. The lowest BCUT2D eigenvalue weighted by Crippen LogP contribution is -2.08. The zero-order valence-corrected chi connectivity index (χ0v) is 12.3. The Kier molecular flexibility index (Phi) is 4.40. The Morgan fingerprint density at radius 2 is 2.10 bits per heavy atom. The zero-order valence-electron chi connectivity index (χ0n) is 12.3. The average molecular weight is 287 g/mol. The molecule has 2 heterocycles. The molecule has 0 aliphatic carbocycles. The lowest BCUT2D eigenvalue weighted by Gasteiger charge is -2.08. The SMILES string of the molecule is CNCCCc1ncc(-c2ccc3c(c2)OCCCO3)[nH]1. The largest absolute Gasteiger partial charge is 0.490 e. The minimum Gasteiger partial charge on any atom is -0.490 e. The number of benzene rings is 1. The molecule has 3 rings (SSSR count). The van der Waals surface area contributed by atoms with Gasteiger partial charge in [-0.25, -0.2) is 4.98 Å². The highest BCUT2D eigenvalue weighted by Crippen LogP contribution is 2.33. The van der Waals surface area contributed by atoms with Gasteiger partial charge in [0.1, 0.15) is 5.82 Å². The Morgan fingerprint density at radius 3 is 2.95 bits per heavy atom. The summed E-state index contributed by atoms with van der Waals surface area (Å²) >= 11 is 0. The lowest BCUT2D eigenvalue weighted by atomic mass is 10.1. The molecule has 5 nitrogen and oxygen atoms in total. The number of nitrogens with zero attached hydrogens (tertiary/aromatic N) is 1. The van der Waals surface area contributed by atoms with E-state index in [0.717, 1.165) is 54.4 Å². The van der Waals surface area contributed by atoms with Crippen molar-refractivity contribution in [3.05, 3.63) is 30.2 Å². The summed E-state index contributed by atoms with van der Waals surface area (Å²) in [6, 6.07) is 6.03. The highest BCUT2D eigenvalue weighted by atomic mass is 16.5. The first-order valence-electron chi connectivity index (χ1n) is 7.45. The Bertz CT molecular complexity index is 595. The summed E-state index contributed by atoms with van der Waals surface area (Å²) in [5, 5.41) is 3.14. The minimum atomic E-state index is 0.703. The van der Waals surface area contributed by atoms with E-state index in [0.29, 0.717) is 13.2 Å². The van der Waals surface area contributed by atoms with Gasteiger partial charge in [-0.05, 0) is 38.2 Å². The fraction of sp³-hybridized carbons (Fsp3) is 0.438. The van der Waals surface area contributed by atoms with Crippen molar-refractivity contribution in [3.8, 4) is 22.8 Å². The van der Waals surface area contributed by atoms with Crippen LogP contribution in [0.3, 0.4) is 0 Å². The fourth-order valence-corrected chi connectivity index (χ4v) is 2.40. The summed E-state index contributed by atoms with van der Waals surface area (Å²) in [4.78, 5) is 7.82. The van der Waals surface area contributed by atoms with Crippen LogP contribution in [0.1, 0.15) is 18.7 Å². The molecule has 21 heavy (non-hydrogen) atoms. The molecule has 0 fully saturated rings. The standard InChI is InChI=1S/C16H21N3O2/c1-17-7-2-4-16-18-11-13(19-16)12-5-6-14-15(10-12)21-9-3-8-20-14/h5-6,10-11,17H,2-4,7-9H2,1H3,(H,18,19). The van der Waals surface area contributed by atoms with Crippen molar-refractivity contribution in [3.63, 3.8) is 0 Å². The van der Waals surface area contributed by atoms with Gasteiger partial charge in [0, 0.05) is 18.4 Å². The molecule has 0 atom stereocenters. The van der Waals surface area contributed by atoms with Crippen molar-refractivity contribution in [2.45, 2.75) is 19.3 Å². The number of imidazole rings is 1. The molecule has 0 radical (unpaired) electrons. The molecule has 0 saturated carbocycles. The molecule has 0 saturated heterocycles. The number of aromatic amines is 1. The van der Waals surface area contributed by atoms with Crippen LogP contribution in [-0.4, -0.2) is 36.8 Å². The van der Waals surface area contributed by atoms with Gasteiger partial charge in [0.25, 0.3) is 0 Å². The Hall–Kier alpha value is -2.01. The number of fused-ring (bicyclic) bond motifs is 1. The van der Waals surface area contributed by atoms with Crippen LogP contribution in [0.4, 0.5) is 0 Å². The number of aromatic nitrogens is 2. The number of H-pyrrole nitrogens is 1. The van der Waals surface area contributed by atoms with Gasteiger partial charge in [-0.2, -0.15) is 0 Å². The summed E-state index contributed by atoms with van der Waals surface area (Å²) in [6.45, 7) is 2.42. The second-order valence-electron chi connectivity index (χ2n) is 5.16. The highest BCUT2D eigenvalue weighted by molar-refractivity contribution is 5.63. The lowest BCUT2D eigenvalue weighted by molar-refractivity contribution is 0.297. The van der Waals surface area contributed by atoms with Crippen molar-refractivity contribution in [1.29, 1.82) is 0 Å². The Labute approximate surface area is 124 Å². The maximum atomic E-state index is 5.73. The van der Waals surface area contributed by atoms with Crippen molar-refractivity contribution in [2.24, 2.45) is 0 Å². The van der Waals surface area contributed by atoms with Crippen LogP contribution >= 0.6 is 0 Å². The quantitative estimate of drug-likeness (QED) is 0.829. The van der Waals surface area contributed by atoms with E-state index < -0.39 is 0 Å². The van der Waals surface area contributed by atoms with Crippen LogP contribution in [0, 0.1) is 0 Å². The summed E-state index contributed by atoms with van der Waals surface area (Å²) in [5.74, 6) is 2.66. The van der Waals surface area contributed by atoms with Crippen molar-refractivity contribution < 1.29 is 9.47 Å². The van der Waals surface area contributed by atoms with Crippen molar-refractivity contribution in [1.82, 2.24) is 15.3 Å². The van der Waals surface area contributed by atoms with E-state index in [1.807, 2.05) is 31.4 Å². The van der Waals surface area contributed by atoms with Crippen molar-refractivity contribution >= 4 is 0 Å². The summed E-state index contributed by atoms with van der Waals surface area (Å²) in [5.41, 5.74) is 2.09. The molecule has 0 amide bonds. The second-order valence-corrected chi connectivity index (χ2v) is 5.16. The first kappa shape index (κ1) is 13.9. The number of nitrogens with one attached hydrogen (secondary N) is 2. The van der Waals surface area contributed by atoms with E-state index >= 15 is 0 Å². The molecule has 112 valence electrons. The maximum absolute atomic E-state index is 5.73. The number of aryl methyl sites for hydroxylation is 1. The van der Waals surface area contributed by atoms with E-state index in [9.17, 15) is 0 Å². The van der Waals surface area contributed by atoms with Crippen molar-refractivity contribution in [2.75, 3.05) is 26.8 Å². The average Bonchev–Trinajstić information content (AvgIpc) is 2.85. The van der Waals surface area contributed by atoms with E-state index in [-0.39, 0.29) is 0 Å². The van der Waals surface area contributed by atoms with Gasteiger partial charge in [-0.15, -0.1) is 0 Å². The molecule has 1 aliphatic rings. The van der Waals surface area contributed by atoms with Gasteiger partial charge < -0.3 is 19.8 Å². The predicted octanol–water partition coefficient (Wildman–Crippen LogP) is 2.39. The van der Waals surface area contributed by atoms with E-state index in [1.54, 1.807) is 0 Å². The summed E-state index contributed by atoms with van der Waals surface area (Å²) in [7, 11) is 1.96. The molecular weight excluding hydrogens is 266 g/mol. The first-order valence-corrected chi connectivity index (χ1v) is 7.45.